The molecule has 1 aromatic heterocycles. The minimum atomic E-state index is -3.21. The third kappa shape index (κ3) is 3.42. The fraction of sp³-hybridized carbons (Fsp3) is 0.467. The maximum atomic E-state index is 13.0. The molecule has 1 aromatic carbocycles. The Kier molecular flexibility index (Phi) is 4.45. The number of benzene rings is 1. The Bertz CT molecular complexity index is 774. The number of nitrogens with zero attached hydrogens (tertiary/aromatic N) is 3. The summed E-state index contributed by atoms with van der Waals surface area (Å²) in [6, 6.07) is 5.80. The Labute approximate surface area is 134 Å². The van der Waals surface area contributed by atoms with Gasteiger partial charge in [0.2, 0.25) is 21.8 Å². The average molecular weight is 339 g/mol. The van der Waals surface area contributed by atoms with Crippen LogP contribution in [0, 0.1) is 5.82 Å². The van der Waals surface area contributed by atoms with Crippen LogP contribution in [0.2, 0.25) is 0 Å². The molecule has 0 bridgehead atoms. The Hall–Kier alpha value is -1.80. The minimum absolute atomic E-state index is 0.0877. The fourth-order valence-electron chi connectivity index (χ4n) is 2.69. The summed E-state index contributed by atoms with van der Waals surface area (Å²) in [5, 5.41) is 8.04. The van der Waals surface area contributed by atoms with E-state index >= 15 is 0 Å². The van der Waals surface area contributed by atoms with Gasteiger partial charge in [-0.1, -0.05) is 0 Å². The van der Waals surface area contributed by atoms with Gasteiger partial charge in [0, 0.05) is 18.7 Å². The topological polar surface area (TPSA) is 76.3 Å². The largest absolute Gasteiger partial charge is 0.420 e. The van der Waals surface area contributed by atoms with Crippen molar-refractivity contribution in [2.75, 3.05) is 18.8 Å². The molecule has 3 rings (SSSR count). The second-order valence-electron chi connectivity index (χ2n) is 5.55. The van der Waals surface area contributed by atoms with Crippen molar-refractivity contribution in [1.82, 2.24) is 14.5 Å². The lowest BCUT2D eigenvalue weighted by molar-refractivity contribution is 0.286. The zero-order valence-electron chi connectivity index (χ0n) is 12.8. The minimum Gasteiger partial charge on any atom is -0.420 e. The number of piperidine rings is 1. The molecule has 124 valence electrons. The van der Waals surface area contributed by atoms with Crippen LogP contribution in [0.15, 0.2) is 28.7 Å². The monoisotopic (exact) mass is 339 g/mol. The highest BCUT2D eigenvalue weighted by atomic mass is 32.2. The Morgan fingerprint density at radius 1 is 1.30 bits per heavy atom. The highest BCUT2D eigenvalue weighted by Crippen LogP contribution is 2.29. The highest BCUT2D eigenvalue weighted by Gasteiger charge is 2.31. The van der Waals surface area contributed by atoms with E-state index in [9.17, 15) is 12.8 Å². The molecule has 23 heavy (non-hydrogen) atoms. The molecule has 1 aliphatic rings. The number of halogens is 1. The molecule has 8 heteroatoms. The molecule has 0 aliphatic carbocycles. The number of hydrogen-bond donors (Lipinski definition) is 0. The predicted molar refractivity (Wildman–Crippen MR) is 82.7 cm³/mol. The molecule has 6 nitrogen and oxygen atoms in total. The molecule has 0 amide bonds. The first-order valence-electron chi connectivity index (χ1n) is 7.57. The van der Waals surface area contributed by atoms with E-state index in [0.29, 0.717) is 30.4 Å². The van der Waals surface area contributed by atoms with Crippen LogP contribution >= 0.6 is 0 Å². The lowest BCUT2D eigenvalue weighted by atomic mass is 10.00. The van der Waals surface area contributed by atoms with Gasteiger partial charge in [-0.25, -0.2) is 17.1 Å². The fourth-order valence-corrected chi connectivity index (χ4v) is 3.87. The molecule has 1 aliphatic heterocycles. The smallest absolute Gasteiger partial charge is 0.247 e. The van der Waals surface area contributed by atoms with Crippen molar-refractivity contribution in [3.05, 3.63) is 36.0 Å². The van der Waals surface area contributed by atoms with E-state index in [1.807, 2.05) is 0 Å². The molecule has 0 radical (unpaired) electrons. The summed E-state index contributed by atoms with van der Waals surface area (Å²) in [4.78, 5) is 0. The normalized spacial score (nSPS) is 19.8. The van der Waals surface area contributed by atoms with Crippen molar-refractivity contribution in [1.29, 1.82) is 0 Å². The average Bonchev–Trinajstić information content (AvgIpc) is 3.06. The van der Waals surface area contributed by atoms with E-state index < -0.39 is 10.0 Å². The molecule has 0 spiro atoms. The number of aromatic nitrogens is 2. The lowest BCUT2D eigenvalue weighted by Gasteiger charge is -2.29. The summed E-state index contributed by atoms with van der Waals surface area (Å²) in [5.74, 6) is 0.397. The number of sulfonamides is 1. The van der Waals surface area contributed by atoms with E-state index in [1.54, 1.807) is 19.1 Å². The van der Waals surface area contributed by atoms with E-state index in [2.05, 4.69) is 10.2 Å². The van der Waals surface area contributed by atoms with Gasteiger partial charge in [-0.2, -0.15) is 0 Å². The van der Waals surface area contributed by atoms with Gasteiger partial charge in [-0.15, -0.1) is 10.2 Å². The quantitative estimate of drug-likeness (QED) is 0.855. The first kappa shape index (κ1) is 16.1. The van der Waals surface area contributed by atoms with E-state index in [1.165, 1.54) is 16.4 Å². The van der Waals surface area contributed by atoms with Gasteiger partial charge < -0.3 is 4.42 Å². The van der Waals surface area contributed by atoms with Crippen LogP contribution in [0.3, 0.4) is 0 Å². The lowest BCUT2D eigenvalue weighted by Crippen LogP contribution is -2.39. The van der Waals surface area contributed by atoms with Crippen LogP contribution in [-0.4, -0.2) is 41.8 Å². The second-order valence-corrected chi connectivity index (χ2v) is 7.81. The maximum Gasteiger partial charge on any atom is 0.247 e. The van der Waals surface area contributed by atoms with Crippen molar-refractivity contribution < 1.29 is 17.2 Å². The molecule has 2 aromatic rings. The molecule has 1 atom stereocenters. The summed E-state index contributed by atoms with van der Waals surface area (Å²) in [6.45, 7) is 2.53. The molecule has 0 saturated carbocycles. The first-order valence-corrected chi connectivity index (χ1v) is 9.17. The van der Waals surface area contributed by atoms with Crippen molar-refractivity contribution in [3.8, 4) is 11.5 Å². The molecule has 0 N–H and O–H groups in total. The maximum absolute atomic E-state index is 13.0. The SMILES string of the molecule is CCS(=O)(=O)N1CCC[C@H](c2nnc(-c3ccc(F)cc3)o2)C1. The second kappa shape index (κ2) is 6.37. The van der Waals surface area contributed by atoms with Gasteiger partial charge >= 0.3 is 0 Å². The third-order valence-corrected chi connectivity index (χ3v) is 5.87. The molecular formula is C15H18FN3O3S. The zero-order valence-corrected chi connectivity index (χ0v) is 13.6. The number of rotatable bonds is 4. The molecule has 1 fully saturated rings. The van der Waals surface area contributed by atoms with E-state index in [0.717, 1.165) is 12.8 Å². The van der Waals surface area contributed by atoms with Crippen molar-refractivity contribution in [2.24, 2.45) is 0 Å². The van der Waals surface area contributed by atoms with E-state index in [4.69, 9.17) is 4.42 Å². The first-order chi connectivity index (χ1) is 11.0. The van der Waals surface area contributed by atoms with Crippen LogP contribution in [0.4, 0.5) is 4.39 Å². The van der Waals surface area contributed by atoms with Crippen molar-refractivity contribution in [2.45, 2.75) is 25.7 Å². The van der Waals surface area contributed by atoms with Gasteiger partial charge in [-0.3, -0.25) is 0 Å². The Morgan fingerprint density at radius 2 is 2.04 bits per heavy atom. The van der Waals surface area contributed by atoms with Crippen molar-refractivity contribution >= 4 is 10.0 Å². The van der Waals surface area contributed by atoms with Crippen LogP contribution in [-0.2, 0) is 10.0 Å². The van der Waals surface area contributed by atoms with Crippen LogP contribution in [0.25, 0.3) is 11.5 Å². The summed E-state index contributed by atoms with van der Waals surface area (Å²) in [5.41, 5.74) is 0.638. The Balaban J connectivity index is 1.79. The van der Waals surface area contributed by atoms with Gasteiger partial charge in [-0.05, 0) is 44.0 Å². The highest BCUT2D eigenvalue weighted by molar-refractivity contribution is 7.89. The summed E-state index contributed by atoms with van der Waals surface area (Å²) in [7, 11) is -3.21. The predicted octanol–water partition coefficient (Wildman–Crippen LogP) is 2.40. The molecule has 2 heterocycles. The van der Waals surface area contributed by atoms with E-state index in [-0.39, 0.29) is 17.5 Å². The van der Waals surface area contributed by atoms with Crippen molar-refractivity contribution in [3.63, 3.8) is 0 Å². The Morgan fingerprint density at radius 3 is 2.74 bits per heavy atom. The van der Waals surface area contributed by atoms with Crippen LogP contribution in [0.1, 0.15) is 31.6 Å². The molecule has 0 unspecified atom stereocenters. The standard InChI is InChI=1S/C15H18FN3O3S/c1-2-23(20,21)19-9-3-4-12(10-19)15-18-17-14(22-15)11-5-7-13(16)8-6-11/h5-8,12H,2-4,9-10H2,1H3/t12-/m0/s1. The third-order valence-electron chi connectivity index (χ3n) is 4.02. The van der Waals surface area contributed by atoms with Gasteiger partial charge in [0.15, 0.2) is 0 Å². The zero-order chi connectivity index (χ0) is 16.4. The number of hydrogen-bond acceptors (Lipinski definition) is 5. The molecular weight excluding hydrogens is 321 g/mol. The summed E-state index contributed by atoms with van der Waals surface area (Å²) < 4.78 is 44.2. The van der Waals surface area contributed by atoms with Crippen LogP contribution < -0.4 is 0 Å². The summed E-state index contributed by atoms with van der Waals surface area (Å²) >= 11 is 0. The van der Waals surface area contributed by atoms with Gasteiger partial charge in [0.25, 0.3) is 0 Å². The van der Waals surface area contributed by atoms with Crippen LogP contribution in [0.5, 0.6) is 0 Å². The van der Waals surface area contributed by atoms with Gasteiger partial charge in [0.05, 0.1) is 11.7 Å². The van der Waals surface area contributed by atoms with Gasteiger partial charge in [0.1, 0.15) is 5.82 Å². The summed E-state index contributed by atoms with van der Waals surface area (Å²) in [6.07, 6.45) is 1.57. The molecule has 1 saturated heterocycles.